The quantitative estimate of drug-likeness (QED) is 0.653. The molecule has 17 heavy (non-hydrogen) atoms. The Hall–Kier alpha value is -1.88. The van der Waals surface area contributed by atoms with E-state index in [0.717, 1.165) is 21.9 Å². The molecular formula is C12H9NO3S. The number of carbonyl (C=O) groups excluding carboxylic acids is 1. The zero-order valence-corrected chi connectivity index (χ0v) is 10.1. The number of fused-ring (bicyclic) bond motifs is 3. The van der Waals surface area contributed by atoms with E-state index in [1.165, 1.54) is 11.3 Å². The summed E-state index contributed by atoms with van der Waals surface area (Å²) in [6, 6.07) is 3.71. The first-order chi connectivity index (χ1) is 8.22. The van der Waals surface area contributed by atoms with Gasteiger partial charge in [0.15, 0.2) is 23.5 Å². The van der Waals surface area contributed by atoms with E-state index >= 15 is 0 Å². The number of aldehydes is 1. The van der Waals surface area contributed by atoms with Gasteiger partial charge in [-0.1, -0.05) is 0 Å². The molecule has 0 radical (unpaired) electrons. The molecule has 5 heteroatoms. The molecule has 3 aromatic rings. The Kier molecular flexibility index (Phi) is 2.16. The molecule has 0 aliphatic rings. The highest BCUT2D eigenvalue weighted by molar-refractivity contribution is 7.20. The van der Waals surface area contributed by atoms with Gasteiger partial charge in [-0.25, -0.2) is 4.98 Å². The zero-order valence-electron chi connectivity index (χ0n) is 9.31. The number of ether oxygens (including phenoxy) is 1. The van der Waals surface area contributed by atoms with Crippen molar-refractivity contribution in [3.8, 4) is 5.75 Å². The normalized spacial score (nSPS) is 11.2. The minimum atomic E-state index is 0.588. The van der Waals surface area contributed by atoms with Crippen molar-refractivity contribution in [2.75, 3.05) is 7.11 Å². The Bertz CT molecular complexity index is 726. The maximum absolute atomic E-state index is 10.8. The molecule has 0 atom stereocenters. The number of nitrogens with zero attached hydrogens (tertiary/aromatic N) is 1. The van der Waals surface area contributed by atoms with Crippen molar-refractivity contribution in [1.82, 2.24) is 4.98 Å². The van der Waals surface area contributed by atoms with Gasteiger partial charge < -0.3 is 9.15 Å². The van der Waals surface area contributed by atoms with Crippen molar-refractivity contribution in [2.45, 2.75) is 6.92 Å². The van der Waals surface area contributed by atoms with Gasteiger partial charge in [0.25, 0.3) is 0 Å². The van der Waals surface area contributed by atoms with Gasteiger partial charge in [0.1, 0.15) is 5.52 Å². The molecule has 1 aromatic carbocycles. The average Bonchev–Trinajstić information content (AvgIpc) is 2.89. The van der Waals surface area contributed by atoms with Crippen molar-refractivity contribution in [1.29, 1.82) is 0 Å². The fourth-order valence-corrected chi connectivity index (χ4v) is 2.80. The number of oxazole rings is 1. The Morgan fingerprint density at radius 1 is 1.47 bits per heavy atom. The van der Waals surface area contributed by atoms with Gasteiger partial charge in [-0.2, -0.15) is 0 Å². The van der Waals surface area contributed by atoms with Crippen LogP contribution >= 0.6 is 11.3 Å². The van der Waals surface area contributed by atoms with E-state index in [-0.39, 0.29) is 0 Å². The molecule has 2 aromatic heterocycles. The van der Waals surface area contributed by atoms with Crippen molar-refractivity contribution < 1.29 is 13.9 Å². The van der Waals surface area contributed by atoms with Gasteiger partial charge in [-0.15, -0.1) is 11.3 Å². The molecule has 2 heterocycles. The zero-order chi connectivity index (χ0) is 12.0. The maximum Gasteiger partial charge on any atom is 0.197 e. The minimum absolute atomic E-state index is 0.588. The summed E-state index contributed by atoms with van der Waals surface area (Å²) < 4.78 is 11.8. The predicted octanol–water partition coefficient (Wildman–Crippen LogP) is 3.17. The number of rotatable bonds is 2. The van der Waals surface area contributed by atoms with Gasteiger partial charge in [0.2, 0.25) is 0 Å². The third-order valence-corrected chi connectivity index (χ3v) is 3.60. The summed E-state index contributed by atoms with van der Waals surface area (Å²) >= 11 is 1.42. The molecule has 0 saturated carbocycles. The van der Waals surface area contributed by atoms with Crippen molar-refractivity contribution in [3.63, 3.8) is 0 Å². The molecule has 0 bridgehead atoms. The number of aromatic nitrogens is 1. The number of methoxy groups -OCH3 is 1. The lowest BCUT2D eigenvalue weighted by molar-refractivity contribution is 0.112. The molecule has 0 aliphatic carbocycles. The predicted molar refractivity (Wildman–Crippen MR) is 66.1 cm³/mol. The second-order valence-corrected chi connectivity index (χ2v) is 4.78. The maximum atomic E-state index is 10.8. The number of aryl methyl sites for hydroxylation is 1. The van der Waals surface area contributed by atoms with Crippen LogP contribution in [0.25, 0.3) is 21.2 Å². The van der Waals surface area contributed by atoms with Gasteiger partial charge in [-0.3, -0.25) is 4.79 Å². The molecule has 0 unspecified atom stereocenters. The van der Waals surface area contributed by atoms with Crippen molar-refractivity contribution in [2.24, 2.45) is 0 Å². The van der Waals surface area contributed by atoms with E-state index < -0.39 is 0 Å². The van der Waals surface area contributed by atoms with Crippen molar-refractivity contribution in [3.05, 3.63) is 22.9 Å². The average molecular weight is 247 g/mol. The molecule has 0 amide bonds. The third kappa shape index (κ3) is 1.43. The number of carbonyl (C=O) groups is 1. The molecular weight excluding hydrogens is 238 g/mol. The highest BCUT2D eigenvalue weighted by Gasteiger charge is 2.15. The van der Waals surface area contributed by atoms with Crippen LogP contribution in [0, 0.1) is 6.92 Å². The van der Waals surface area contributed by atoms with E-state index in [1.54, 1.807) is 14.0 Å². The first-order valence-electron chi connectivity index (χ1n) is 5.06. The number of thiophene rings is 1. The van der Waals surface area contributed by atoms with E-state index in [0.29, 0.717) is 22.1 Å². The van der Waals surface area contributed by atoms with Crippen LogP contribution < -0.4 is 4.74 Å². The van der Waals surface area contributed by atoms with E-state index in [2.05, 4.69) is 4.98 Å². The van der Waals surface area contributed by atoms with Crippen LogP contribution in [-0.4, -0.2) is 18.4 Å². The van der Waals surface area contributed by atoms with E-state index in [1.807, 2.05) is 12.1 Å². The standard InChI is InChI=1S/C12H9NO3S/c1-6-13-11-8-3-7(5-14)17-10(8)4-9(15-2)12(11)16-6/h3-5H,1-2H3. The fourth-order valence-electron chi connectivity index (χ4n) is 1.89. The Labute approximate surface area is 101 Å². The number of hydrogen-bond donors (Lipinski definition) is 0. The molecule has 0 saturated heterocycles. The molecule has 0 N–H and O–H groups in total. The Balaban J connectivity index is 2.51. The molecule has 0 spiro atoms. The largest absolute Gasteiger partial charge is 0.493 e. The third-order valence-electron chi connectivity index (χ3n) is 2.59. The van der Waals surface area contributed by atoms with Crippen LogP contribution in [0.3, 0.4) is 0 Å². The van der Waals surface area contributed by atoms with Crippen LogP contribution in [0.4, 0.5) is 0 Å². The summed E-state index contributed by atoms with van der Waals surface area (Å²) in [6.45, 7) is 1.79. The van der Waals surface area contributed by atoms with Gasteiger partial charge >= 0.3 is 0 Å². The van der Waals surface area contributed by atoms with Crippen LogP contribution in [-0.2, 0) is 0 Å². The summed E-state index contributed by atoms with van der Waals surface area (Å²) in [7, 11) is 1.59. The highest BCUT2D eigenvalue weighted by Crippen LogP contribution is 2.37. The summed E-state index contributed by atoms with van der Waals surface area (Å²) in [5.74, 6) is 1.23. The fraction of sp³-hybridized carbons (Fsp3) is 0.167. The summed E-state index contributed by atoms with van der Waals surface area (Å²) in [5, 5.41) is 0.935. The first kappa shape index (κ1) is 10.3. The van der Waals surface area contributed by atoms with Crippen LogP contribution in [0.2, 0.25) is 0 Å². The van der Waals surface area contributed by atoms with Crippen LogP contribution in [0.1, 0.15) is 15.6 Å². The van der Waals surface area contributed by atoms with Gasteiger partial charge in [-0.05, 0) is 6.07 Å². The Morgan fingerprint density at radius 3 is 3.00 bits per heavy atom. The van der Waals surface area contributed by atoms with Crippen molar-refractivity contribution >= 4 is 38.8 Å². The molecule has 0 aliphatic heterocycles. The molecule has 86 valence electrons. The summed E-state index contributed by atoms with van der Waals surface area (Å²) in [6.07, 6.45) is 0.843. The lowest BCUT2D eigenvalue weighted by Crippen LogP contribution is -1.82. The lowest BCUT2D eigenvalue weighted by Gasteiger charge is -1.99. The molecule has 0 fully saturated rings. The number of benzene rings is 1. The highest BCUT2D eigenvalue weighted by atomic mass is 32.1. The summed E-state index contributed by atoms with van der Waals surface area (Å²) in [4.78, 5) is 15.8. The van der Waals surface area contributed by atoms with E-state index in [9.17, 15) is 4.79 Å². The number of hydrogen-bond acceptors (Lipinski definition) is 5. The van der Waals surface area contributed by atoms with Crippen LogP contribution in [0.5, 0.6) is 5.75 Å². The lowest BCUT2D eigenvalue weighted by atomic mass is 10.2. The first-order valence-corrected chi connectivity index (χ1v) is 5.87. The second-order valence-electron chi connectivity index (χ2n) is 3.67. The Morgan fingerprint density at radius 2 is 2.29 bits per heavy atom. The van der Waals surface area contributed by atoms with E-state index in [4.69, 9.17) is 9.15 Å². The molecule has 4 nitrogen and oxygen atoms in total. The summed E-state index contributed by atoms with van der Waals surface area (Å²) in [5.41, 5.74) is 1.38. The topological polar surface area (TPSA) is 52.3 Å². The van der Waals surface area contributed by atoms with Crippen LogP contribution in [0.15, 0.2) is 16.5 Å². The monoisotopic (exact) mass is 247 g/mol. The molecule has 3 rings (SSSR count). The smallest absolute Gasteiger partial charge is 0.197 e. The minimum Gasteiger partial charge on any atom is -0.493 e. The van der Waals surface area contributed by atoms with Gasteiger partial charge in [0.05, 0.1) is 12.0 Å². The SMILES string of the molecule is COc1cc2sc(C=O)cc2c2nc(C)oc12. The second kappa shape index (κ2) is 3.56. The van der Waals surface area contributed by atoms with Gasteiger partial charge in [0, 0.05) is 23.1 Å².